The summed E-state index contributed by atoms with van der Waals surface area (Å²) in [4.78, 5) is 59.9. The van der Waals surface area contributed by atoms with E-state index in [0.717, 1.165) is 62.2 Å². The molecule has 14 nitrogen and oxygen atoms in total. The van der Waals surface area contributed by atoms with E-state index in [9.17, 15) is 28.0 Å². The fourth-order valence-electron chi connectivity index (χ4n) is 8.43. The van der Waals surface area contributed by atoms with Crippen LogP contribution in [0.2, 0.25) is 0 Å². The van der Waals surface area contributed by atoms with Gasteiger partial charge in [0.1, 0.15) is 11.7 Å². The van der Waals surface area contributed by atoms with Crippen LogP contribution in [-0.2, 0) is 16.6 Å². The van der Waals surface area contributed by atoms with Crippen molar-refractivity contribution in [2.45, 2.75) is 70.0 Å². The van der Waals surface area contributed by atoms with Gasteiger partial charge in [-0.25, -0.2) is 18.6 Å². The highest BCUT2D eigenvalue weighted by Crippen LogP contribution is 2.40. The van der Waals surface area contributed by atoms with Crippen LogP contribution in [0.15, 0.2) is 53.7 Å². The van der Waals surface area contributed by atoms with Crippen molar-refractivity contribution >= 4 is 45.8 Å². The Balaban J connectivity index is 0.879. The highest BCUT2D eigenvalue weighted by molar-refractivity contribution is 6.08. The lowest BCUT2D eigenvalue weighted by molar-refractivity contribution is -0.135. The van der Waals surface area contributed by atoms with Crippen molar-refractivity contribution in [3.8, 4) is 0 Å². The van der Waals surface area contributed by atoms with E-state index in [1.165, 1.54) is 10.8 Å². The number of fused-ring (bicyclic) bond motifs is 2. The molecule has 4 aromatic heterocycles. The highest BCUT2D eigenvalue weighted by Gasteiger charge is 2.36. The number of aromatic nitrogens is 6. The largest absolute Gasteiger partial charge is 0.370 e. The Labute approximate surface area is 303 Å². The van der Waals surface area contributed by atoms with Gasteiger partial charge in [0.25, 0.3) is 12.3 Å². The Morgan fingerprint density at radius 3 is 2.60 bits per heavy atom. The second kappa shape index (κ2) is 13.5. The third-order valence-corrected chi connectivity index (χ3v) is 11.4. The predicted molar refractivity (Wildman–Crippen MR) is 193 cm³/mol. The van der Waals surface area contributed by atoms with Crippen LogP contribution in [0.4, 0.5) is 20.2 Å². The molecule has 0 bridgehead atoms. The van der Waals surface area contributed by atoms with Gasteiger partial charge in [0, 0.05) is 63.4 Å². The van der Waals surface area contributed by atoms with E-state index < -0.39 is 30.0 Å². The van der Waals surface area contributed by atoms with E-state index in [0.29, 0.717) is 28.7 Å². The monoisotopic (exact) mass is 728 g/mol. The molecule has 1 saturated carbocycles. The molecule has 1 atom stereocenters. The third-order valence-electron chi connectivity index (χ3n) is 11.4. The predicted octanol–water partition coefficient (Wildman–Crippen LogP) is 4.21. The zero-order valence-electron chi connectivity index (χ0n) is 29.8. The second-order valence-electron chi connectivity index (χ2n) is 14.6. The van der Waals surface area contributed by atoms with Gasteiger partial charge in [0.15, 0.2) is 5.69 Å². The SMILES string of the molecule is Cc1ccnc2c(C(=O)Nc3cn([C@H]4C[C@H](CN(C)C5CCN(c6cccc7c6n(C)c(=O)n7C6CCC(=O)NC6=O)CC5)C4)nc3C(F)F)ccn12. The molecule has 1 aliphatic carbocycles. The fourth-order valence-corrected chi connectivity index (χ4v) is 8.43. The number of carbonyl (C=O) groups excluding carboxylic acids is 3. The number of carbonyl (C=O) groups is 3. The minimum Gasteiger partial charge on any atom is -0.370 e. The molecule has 16 heteroatoms. The van der Waals surface area contributed by atoms with Crippen LogP contribution in [0.1, 0.15) is 78.8 Å². The van der Waals surface area contributed by atoms with Crippen molar-refractivity contribution in [2.75, 3.05) is 36.9 Å². The van der Waals surface area contributed by atoms with Crippen molar-refractivity contribution < 1.29 is 23.2 Å². The first kappa shape index (κ1) is 34.7. The first-order chi connectivity index (χ1) is 25.5. The maximum atomic E-state index is 14.0. The lowest BCUT2D eigenvalue weighted by atomic mass is 9.79. The number of para-hydroxylation sites is 1. The van der Waals surface area contributed by atoms with Crippen LogP contribution < -0.4 is 21.2 Å². The van der Waals surface area contributed by atoms with E-state index in [1.54, 1.807) is 39.2 Å². The average Bonchev–Trinajstić information content (AvgIpc) is 3.81. The van der Waals surface area contributed by atoms with Crippen molar-refractivity contribution in [2.24, 2.45) is 13.0 Å². The summed E-state index contributed by atoms with van der Waals surface area (Å²) in [5, 5.41) is 9.23. The normalized spacial score (nSPS) is 21.2. The summed E-state index contributed by atoms with van der Waals surface area (Å²) in [5.41, 5.74) is 3.33. The van der Waals surface area contributed by atoms with Gasteiger partial charge >= 0.3 is 5.69 Å². The summed E-state index contributed by atoms with van der Waals surface area (Å²) in [7, 11) is 3.86. The molecule has 3 aliphatic rings. The molecule has 0 radical (unpaired) electrons. The number of nitrogens with one attached hydrogen (secondary N) is 2. The number of hydrogen-bond donors (Lipinski definition) is 2. The van der Waals surface area contributed by atoms with E-state index in [2.05, 4.69) is 37.6 Å². The summed E-state index contributed by atoms with van der Waals surface area (Å²) >= 11 is 0. The van der Waals surface area contributed by atoms with Gasteiger partial charge < -0.3 is 19.5 Å². The van der Waals surface area contributed by atoms with Crippen molar-refractivity contribution in [3.05, 3.63) is 76.4 Å². The molecular formula is C37H42F2N10O4. The second-order valence-corrected chi connectivity index (χ2v) is 14.6. The molecule has 8 rings (SSSR count). The smallest absolute Gasteiger partial charge is 0.329 e. The molecule has 2 aliphatic heterocycles. The van der Waals surface area contributed by atoms with E-state index in [-0.39, 0.29) is 36.2 Å². The molecule has 1 aromatic carbocycles. The number of nitrogens with zero attached hydrogens (tertiary/aromatic N) is 8. The average molecular weight is 729 g/mol. The van der Waals surface area contributed by atoms with Gasteiger partial charge in [-0.1, -0.05) is 6.07 Å². The number of piperidine rings is 2. The Hall–Kier alpha value is -5.38. The molecule has 2 saturated heterocycles. The number of halogens is 2. The number of hydrogen-bond acceptors (Lipinski definition) is 8. The van der Waals surface area contributed by atoms with Crippen molar-refractivity contribution in [3.63, 3.8) is 0 Å². The molecule has 278 valence electrons. The Kier molecular flexibility index (Phi) is 8.87. The van der Waals surface area contributed by atoms with Gasteiger partial charge in [-0.2, -0.15) is 5.10 Å². The number of imidazole rings is 1. The topological polar surface area (TPSA) is 144 Å². The van der Waals surface area contributed by atoms with E-state index >= 15 is 0 Å². The van der Waals surface area contributed by atoms with Crippen LogP contribution in [0.25, 0.3) is 16.7 Å². The summed E-state index contributed by atoms with van der Waals surface area (Å²) < 4.78 is 34.6. The molecule has 2 N–H and O–H groups in total. The third kappa shape index (κ3) is 6.17. The van der Waals surface area contributed by atoms with E-state index in [1.807, 2.05) is 31.2 Å². The van der Waals surface area contributed by atoms with Crippen LogP contribution in [0.3, 0.4) is 0 Å². The van der Waals surface area contributed by atoms with Gasteiger partial charge in [-0.15, -0.1) is 0 Å². The number of anilines is 2. The van der Waals surface area contributed by atoms with Gasteiger partial charge in [-0.3, -0.25) is 33.5 Å². The standard InChI is InChI=1S/C37H42F2N10O4/c1-21-9-13-40-34-25(12-16-47(21)34)35(51)41-26-20-48(43-31(26)33(38)39)24-17-22(18-24)19-44(2)23-10-14-46(15-11-23)27-5-4-6-28-32(27)45(3)37(53)49(28)29-7-8-30(50)42-36(29)52/h4-6,9,12-13,16,20,22-24,29,33H,7-8,10-11,14-15,17-19H2,1-3H3,(H,41,51)(H,42,50,52)/t22-,24-,29?. The van der Waals surface area contributed by atoms with Crippen LogP contribution in [0.5, 0.6) is 0 Å². The minimum absolute atomic E-state index is 0.00707. The van der Waals surface area contributed by atoms with Crippen LogP contribution in [-0.4, -0.2) is 83.6 Å². The summed E-state index contributed by atoms with van der Waals surface area (Å²) in [6, 6.07) is 8.83. The zero-order valence-corrected chi connectivity index (χ0v) is 29.8. The quantitative estimate of drug-likeness (QED) is 0.215. The Morgan fingerprint density at radius 1 is 1.09 bits per heavy atom. The van der Waals surface area contributed by atoms with Gasteiger partial charge in [0.2, 0.25) is 11.8 Å². The summed E-state index contributed by atoms with van der Waals surface area (Å²) in [6.45, 7) is 4.36. The molecule has 6 heterocycles. The Morgan fingerprint density at radius 2 is 1.87 bits per heavy atom. The van der Waals surface area contributed by atoms with Crippen molar-refractivity contribution in [1.82, 2.24) is 38.5 Å². The number of imide groups is 1. The number of amides is 3. The zero-order chi connectivity index (χ0) is 37.1. The summed E-state index contributed by atoms with van der Waals surface area (Å²) in [6.07, 6.45) is 5.95. The summed E-state index contributed by atoms with van der Waals surface area (Å²) in [5.74, 6) is -0.900. The number of benzene rings is 1. The molecule has 3 fully saturated rings. The first-order valence-electron chi connectivity index (χ1n) is 18.1. The number of aryl methyl sites for hydroxylation is 2. The van der Waals surface area contributed by atoms with Gasteiger partial charge in [-0.05, 0) is 76.3 Å². The number of rotatable bonds is 9. The Bertz CT molecular complexity index is 2290. The molecule has 3 amide bonds. The van der Waals surface area contributed by atoms with Crippen molar-refractivity contribution in [1.29, 1.82) is 0 Å². The number of alkyl halides is 2. The lowest BCUT2D eigenvalue weighted by Gasteiger charge is -2.42. The maximum Gasteiger partial charge on any atom is 0.329 e. The molecular weight excluding hydrogens is 686 g/mol. The molecule has 0 spiro atoms. The maximum absolute atomic E-state index is 14.0. The molecule has 1 unspecified atom stereocenters. The van der Waals surface area contributed by atoms with Gasteiger partial charge in [0.05, 0.1) is 34.0 Å². The van der Waals surface area contributed by atoms with Crippen LogP contribution >= 0.6 is 0 Å². The molecule has 53 heavy (non-hydrogen) atoms. The molecule has 5 aromatic rings. The minimum atomic E-state index is -2.84. The lowest BCUT2D eigenvalue weighted by Crippen LogP contribution is -2.46. The van der Waals surface area contributed by atoms with E-state index in [4.69, 9.17) is 0 Å². The first-order valence-corrected chi connectivity index (χ1v) is 18.1. The fraction of sp³-hybridized carbons (Fsp3) is 0.459. The van der Waals surface area contributed by atoms with Crippen LogP contribution in [0, 0.1) is 12.8 Å². The highest BCUT2D eigenvalue weighted by atomic mass is 19.3.